The zero-order valence-corrected chi connectivity index (χ0v) is 16.7. The molecular weight excluding hydrogens is 380 g/mol. The Morgan fingerprint density at radius 3 is 2.57 bits per heavy atom. The standard InChI is InChI=1S/C20H24N2O5S/c1-3-14(2)21-20(23)16-7-4-5-8-17(16)22-28(24,25)15-9-10-18-19(13-15)27-12-6-11-26-18/h4-5,7-10,13-14,22H,3,6,11-12H2,1-2H3,(H,21,23)/t14-/m0/s1. The number of fused-ring (bicyclic) bond motifs is 1. The lowest BCUT2D eigenvalue weighted by Crippen LogP contribution is -2.32. The van der Waals surface area contributed by atoms with Gasteiger partial charge in [-0.05, 0) is 37.6 Å². The smallest absolute Gasteiger partial charge is 0.262 e. The first kappa shape index (κ1) is 20.0. The van der Waals surface area contributed by atoms with E-state index in [1.54, 1.807) is 30.3 Å². The van der Waals surface area contributed by atoms with Crippen molar-refractivity contribution in [2.75, 3.05) is 17.9 Å². The van der Waals surface area contributed by atoms with Gasteiger partial charge in [-0.15, -0.1) is 0 Å². The number of carbonyl (C=O) groups excluding carboxylic acids is 1. The number of carbonyl (C=O) groups is 1. The molecule has 1 aliphatic rings. The molecule has 2 aromatic carbocycles. The van der Waals surface area contributed by atoms with Gasteiger partial charge in [0, 0.05) is 18.5 Å². The summed E-state index contributed by atoms with van der Waals surface area (Å²) in [6, 6.07) is 11.0. The van der Waals surface area contributed by atoms with E-state index in [9.17, 15) is 13.2 Å². The summed E-state index contributed by atoms with van der Waals surface area (Å²) in [5.41, 5.74) is 0.483. The number of anilines is 1. The van der Waals surface area contributed by atoms with Crippen LogP contribution in [0.25, 0.3) is 0 Å². The molecule has 0 bridgehead atoms. The van der Waals surface area contributed by atoms with Gasteiger partial charge in [-0.25, -0.2) is 8.42 Å². The summed E-state index contributed by atoms with van der Waals surface area (Å²) in [5, 5.41) is 2.85. The second-order valence-electron chi connectivity index (χ2n) is 6.59. The zero-order valence-electron chi connectivity index (χ0n) is 15.9. The molecule has 1 amide bonds. The van der Waals surface area contributed by atoms with Crippen molar-refractivity contribution in [2.45, 2.75) is 37.6 Å². The average molecular weight is 404 g/mol. The summed E-state index contributed by atoms with van der Waals surface area (Å²) < 4.78 is 39.4. The van der Waals surface area contributed by atoms with Crippen molar-refractivity contribution in [3.63, 3.8) is 0 Å². The van der Waals surface area contributed by atoms with Gasteiger partial charge >= 0.3 is 0 Å². The maximum Gasteiger partial charge on any atom is 0.262 e. The molecule has 0 saturated heterocycles. The van der Waals surface area contributed by atoms with E-state index in [1.807, 2.05) is 13.8 Å². The first-order valence-corrected chi connectivity index (χ1v) is 10.7. The van der Waals surface area contributed by atoms with Gasteiger partial charge in [-0.3, -0.25) is 9.52 Å². The molecule has 2 N–H and O–H groups in total. The molecule has 3 rings (SSSR count). The topological polar surface area (TPSA) is 93.7 Å². The summed E-state index contributed by atoms with van der Waals surface area (Å²) in [4.78, 5) is 12.5. The predicted octanol–water partition coefficient (Wildman–Crippen LogP) is 3.18. The molecular formula is C20H24N2O5S. The fourth-order valence-corrected chi connectivity index (χ4v) is 3.78. The van der Waals surface area contributed by atoms with Gasteiger partial charge in [-0.1, -0.05) is 19.1 Å². The number of rotatable bonds is 6. The minimum atomic E-state index is -3.91. The van der Waals surface area contributed by atoms with Crippen LogP contribution in [0.2, 0.25) is 0 Å². The van der Waals surface area contributed by atoms with Gasteiger partial charge in [0.2, 0.25) is 0 Å². The molecule has 0 fully saturated rings. The van der Waals surface area contributed by atoms with Crippen molar-refractivity contribution in [3.8, 4) is 11.5 Å². The SMILES string of the molecule is CC[C@H](C)NC(=O)c1ccccc1NS(=O)(=O)c1ccc2c(c1)OCCCO2. The van der Waals surface area contributed by atoms with E-state index >= 15 is 0 Å². The fourth-order valence-electron chi connectivity index (χ4n) is 2.69. The van der Waals surface area contributed by atoms with Crippen molar-refractivity contribution in [1.82, 2.24) is 5.32 Å². The second-order valence-corrected chi connectivity index (χ2v) is 8.28. The highest BCUT2D eigenvalue weighted by Gasteiger charge is 2.21. The number of hydrogen-bond acceptors (Lipinski definition) is 5. The molecule has 1 heterocycles. The van der Waals surface area contributed by atoms with E-state index in [0.29, 0.717) is 24.7 Å². The van der Waals surface area contributed by atoms with E-state index in [2.05, 4.69) is 10.0 Å². The maximum atomic E-state index is 12.9. The van der Waals surface area contributed by atoms with Crippen LogP contribution in [0.15, 0.2) is 47.4 Å². The molecule has 8 heteroatoms. The highest BCUT2D eigenvalue weighted by atomic mass is 32.2. The molecule has 1 aliphatic heterocycles. The van der Waals surface area contributed by atoms with Crippen LogP contribution in [0.3, 0.4) is 0 Å². The van der Waals surface area contributed by atoms with Gasteiger partial charge in [0.05, 0.1) is 29.4 Å². The van der Waals surface area contributed by atoms with Crippen LogP contribution in [0.4, 0.5) is 5.69 Å². The minimum absolute atomic E-state index is 0.0149. The summed E-state index contributed by atoms with van der Waals surface area (Å²) in [5.74, 6) is 0.583. The quantitative estimate of drug-likeness (QED) is 0.771. The molecule has 2 aromatic rings. The van der Waals surface area contributed by atoms with Crippen molar-refractivity contribution in [2.24, 2.45) is 0 Å². The Kier molecular flexibility index (Phi) is 6.08. The van der Waals surface area contributed by atoms with E-state index < -0.39 is 10.0 Å². The molecule has 7 nitrogen and oxygen atoms in total. The summed E-state index contributed by atoms with van der Waals surface area (Å²) in [6.45, 7) is 4.84. The van der Waals surface area contributed by atoms with Gasteiger partial charge < -0.3 is 14.8 Å². The largest absolute Gasteiger partial charge is 0.490 e. The molecule has 1 atom stereocenters. The van der Waals surface area contributed by atoms with E-state index in [1.165, 1.54) is 12.1 Å². The Balaban J connectivity index is 1.87. The second kappa shape index (κ2) is 8.52. The number of para-hydroxylation sites is 1. The van der Waals surface area contributed by atoms with E-state index in [0.717, 1.165) is 12.8 Å². The Labute approximate surface area is 165 Å². The normalized spacial score (nSPS) is 14.6. The van der Waals surface area contributed by atoms with Crippen LogP contribution >= 0.6 is 0 Å². The molecule has 0 unspecified atom stereocenters. The van der Waals surface area contributed by atoms with Crippen LogP contribution in [0, 0.1) is 0 Å². The number of benzene rings is 2. The highest BCUT2D eigenvalue weighted by Crippen LogP contribution is 2.32. The first-order chi connectivity index (χ1) is 13.4. The van der Waals surface area contributed by atoms with Gasteiger partial charge in [0.25, 0.3) is 15.9 Å². The van der Waals surface area contributed by atoms with Crippen molar-refractivity contribution in [1.29, 1.82) is 0 Å². The molecule has 0 spiro atoms. The number of sulfonamides is 1. The zero-order chi connectivity index (χ0) is 20.1. The lowest BCUT2D eigenvalue weighted by molar-refractivity contribution is 0.0940. The predicted molar refractivity (Wildman–Crippen MR) is 107 cm³/mol. The van der Waals surface area contributed by atoms with Gasteiger partial charge in [0.1, 0.15) is 0 Å². The molecule has 0 radical (unpaired) electrons. The summed E-state index contributed by atoms with van der Waals surface area (Å²) in [7, 11) is -3.91. The molecule has 0 aliphatic carbocycles. The number of ether oxygens (including phenoxy) is 2. The number of amides is 1. The monoisotopic (exact) mass is 404 g/mol. The van der Waals surface area contributed by atoms with Gasteiger partial charge in [-0.2, -0.15) is 0 Å². The lowest BCUT2D eigenvalue weighted by Gasteiger charge is -2.16. The third-order valence-corrected chi connectivity index (χ3v) is 5.80. The Bertz CT molecular complexity index is 959. The fraction of sp³-hybridized carbons (Fsp3) is 0.350. The first-order valence-electron chi connectivity index (χ1n) is 9.23. The van der Waals surface area contributed by atoms with E-state index in [-0.39, 0.29) is 28.1 Å². The number of hydrogen-bond donors (Lipinski definition) is 2. The van der Waals surface area contributed by atoms with Crippen LogP contribution < -0.4 is 19.5 Å². The van der Waals surface area contributed by atoms with Crippen LogP contribution in [0.1, 0.15) is 37.0 Å². The average Bonchev–Trinajstić information content (AvgIpc) is 2.92. The van der Waals surface area contributed by atoms with Crippen molar-refractivity contribution >= 4 is 21.6 Å². The van der Waals surface area contributed by atoms with Crippen LogP contribution in [0.5, 0.6) is 11.5 Å². The summed E-state index contributed by atoms with van der Waals surface area (Å²) in [6.07, 6.45) is 1.50. The van der Waals surface area contributed by atoms with Crippen LogP contribution in [-0.2, 0) is 10.0 Å². The third kappa shape index (κ3) is 4.56. The maximum absolute atomic E-state index is 12.9. The molecule has 0 saturated carbocycles. The highest BCUT2D eigenvalue weighted by molar-refractivity contribution is 7.92. The van der Waals surface area contributed by atoms with Gasteiger partial charge in [0.15, 0.2) is 11.5 Å². The van der Waals surface area contributed by atoms with Crippen molar-refractivity contribution < 1.29 is 22.7 Å². The lowest BCUT2D eigenvalue weighted by atomic mass is 10.1. The number of nitrogens with one attached hydrogen (secondary N) is 2. The Hall–Kier alpha value is -2.74. The van der Waals surface area contributed by atoms with Crippen molar-refractivity contribution in [3.05, 3.63) is 48.0 Å². The molecule has 0 aromatic heterocycles. The minimum Gasteiger partial charge on any atom is -0.490 e. The Morgan fingerprint density at radius 2 is 1.82 bits per heavy atom. The molecule has 150 valence electrons. The summed E-state index contributed by atoms with van der Waals surface area (Å²) >= 11 is 0. The third-order valence-electron chi connectivity index (χ3n) is 4.44. The Morgan fingerprint density at radius 1 is 1.11 bits per heavy atom. The molecule has 28 heavy (non-hydrogen) atoms. The van der Waals surface area contributed by atoms with Crippen LogP contribution in [-0.4, -0.2) is 33.6 Å². The van der Waals surface area contributed by atoms with E-state index in [4.69, 9.17) is 9.47 Å².